The van der Waals surface area contributed by atoms with Crippen molar-refractivity contribution in [2.75, 3.05) is 40.3 Å². The number of carbonyl (C=O) groups is 1. The Bertz CT molecular complexity index is 762. The molecule has 0 saturated carbocycles. The van der Waals surface area contributed by atoms with Crippen LogP contribution >= 0.6 is 0 Å². The zero-order valence-electron chi connectivity index (χ0n) is 16.9. The lowest BCUT2D eigenvalue weighted by molar-refractivity contribution is 0.0963. The Morgan fingerprint density at radius 1 is 1.14 bits per heavy atom. The highest BCUT2D eigenvalue weighted by Gasteiger charge is 2.07. The predicted octanol–water partition coefficient (Wildman–Crippen LogP) is 2.56. The summed E-state index contributed by atoms with van der Waals surface area (Å²) in [6.07, 6.45) is 0.772. The summed E-state index contributed by atoms with van der Waals surface area (Å²) in [5, 5.41) is 5.96. The van der Waals surface area contributed by atoms with Crippen molar-refractivity contribution < 1.29 is 9.53 Å². The van der Waals surface area contributed by atoms with Gasteiger partial charge in [0.1, 0.15) is 12.4 Å². The molecule has 0 radical (unpaired) electrons. The Labute approximate surface area is 167 Å². The fourth-order valence-electron chi connectivity index (χ4n) is 2.70. The molecule has 0 saturated heterocycles. The fourth-order valence-corrected chi connectivity index (χ4v) is 2.70. The molecule has 0 unspecified atom stereocenters. The molecule has 2 aromatic rings. The minimum absolute atomic E-state index is 0.0724. The maximum absolute atomic E-state index is 11.8. The molecule has 6 heteroatoms. The van der Waals surface area contributed by atoms with E-state index in [0.29, 0.717) is 18.7 Å². The number of carbonyl (C=O) groups excluding carboxylic acids is 1. The van der Waals surface area contributed by atoms with Crippen LogP contribution in [0.5, 0.6) is 5.75 Å². The van der Waals surface area contributed by atoms with Gasteiger partial charge >= 0.3 is 0 Å². The number of amides is 1. The van der Waals surface area contributed by atoms with Crippen molar-refractivity contribution in [3.8, 4) is 5.75 Å². The fraction of sp³-hybridized carbons (Fsp3) is 0.364. The van der Waals surface area contributed by atoms with Gasteiger partial charge in [-0.3, -0.25) is 9.79 Å². The smallest absolute Gasteiger partial charge is 0.251 e. The van der Waals surface area contributed by atoms with E-state index in [-0.39, 0.29) is 5.91 Å². The lowest BCUT2D eigenvalue weighted by Gasteiger charge is -2.22. The first-order valence-corrected chi connectivity index (χ1v) is 9.62. The lowest BCUT2D eigenvalue weighted by Crippen LogP contribution is -2.41. The molecule has 2 rings (SSSR count). The molecule has 0 heterocycles. The number of nitrogens with zero attached hydrogens (tertiary/aromatic N) is 2. The molecule has 2 N–H and O–H groups in total. The third-order valence-electron chi connectivity index (χ3n) is 4.21. The highest BCUT2D eigenvalue weighted by Crippen LogP contribution is 2.08. The minimum Gasteiger partial charge on any atom is -0.492 e. The Morgan fingerprint density at radius 3 is 2.64 bits per heavy atom. The molecule has 2 aromatic carbocycles. The van der Waals surface area contributed by atoms with Gasteiger partial charge in [-0.1, -0.05) is 30.3 Å². The maximum Gasteiger partial charge on any atom is 0.251 e. The van der Waals surface area contributed by atoms with Crippen LogP contribution in [0.3, 0.4) is 0 Å². The summed E-state index contributed by atoms with van der Waals surface area (Å²) in [5.41, 5.74) is 1.77. The van der Waals surface area contributed by atoms with Crippen molar-refractivity contribution in [1.29, 1.82) is 0 Å². The molecule has 150 valence electrons. The van der Waals surface area contributed by atoms with Crippen molar-refractivity contribution >= 4 is 11.9 Å². The van der Waals surface area contributed by atoms with E-state index in [9.17, 15) is 4.79 Å². The monoisotopic (exact) mass is 382 g/mol. The predicted molar refractivity (Wildman–Crippen MR) is 114 cm³/mol. The van der Waals surface area contributed by atoms with E-state index in [2.05, 4.69) is 22.5 Å². The molecule has 0 bridgehead atoms. The number of hydrogen-bond donors (Lipinski definition) is 2. The average Bonchev–Trinajstić information content (AvgIpc) is 2.73. The second kappa shape index (κ2) is 11.6. The van der Waals surface area contributed by atoms with Crippen LogP contribution in [0.4, 0.5) is 0 Å². The molecule has 28 heavy (non-hydrogen) atoms. The van der Waals surface area contributed by atoms with Crippen molar-refractivity contribution in [3.05, 3.63) is 65.7 Å². The third kappa shape index (κ3) is 6.95. The van der Waals surface area contributed by atoms with Crippen molar-refractivity contribution in [1.82, 2.24) is 15.5 Å². The van der Waals surface area contributed by atoms with E-state index in [1.165, 1.54) is 0 Å². The van der Waals surface area contributed by atoms with Crippen molar-refractivity contribution in [3.63, 3.8) is 0 Å². The first-order valence-electron chi connectivity index (χ1n) is 9.62. The summed E-state index contributed by atoms with van der Waals surface area (Å²) in [4.78, 5) is 18.5. The molecular weight excluding hydrogens is 352 g/mol. The molecule has 0 fully saturated rings. The van der Waals surface area contributed by atoms with Gasteiger partial charge in [0.05, 0.1) is 6.54 Å². The Kier molecular flexibility index (Phi) is 8.85. The number of guanidine groups is 1. The molecule has 0 aromatic heterocycles. The van der Waals surface area contributed by atoms with Gasteiger partial charge in [0.2, 0.25) is 0 Å². The van der Waals surface area contributed by atoms with Crippen LogP contribution in [-0.4, -0.2) is 57.1 Å². The second-order valence-corrected chi connectivity index (χ2v) is 6.35. The van der Waals surface area contributed by atoms with Gasteiger partial charge in [0, 0.05) is 32.7 Å². The normalized spacial score (nSPS) is 11.0. The highest BCUT2D eigenvalue weighted by atomic mass is 16.5. The van der Waals surface area contributed by atoms with E-state index in [1.54, 1.807) is 7.05 Å². The molecular formula is C22H30N4O2. The van der Waals surface area contributed by atoms with Gasteiger partial charge in [-0.15, -0.1) is 0 Å². The van der Waals surface area contributed by atoms with Crippen LogP contribution < -0.4 is 15.4 Å². The largest absolute Gasteiger partial charge is 0.492 e. The van der Waals surface area contributed by atoms with Crippen LogP contribution in [0, 0.1) is 0 Å². The van der Waals surface area contributed by atoms with Gasteiger partial charge in [-0.25, -0.2) is 0 Å². The number of ether oxygens (including phenoxy) is 1. The van der Waals surface area contributed by atoms with E-state index in [0.717, 1.165) is 36.8 Å². The van der Waals surface area contributed by atoms with Crippen LogP contribution in [0.2, 0.25) is 0 Å². The van der Waals surface area contributed by atoms with E-state index >= 15 is 0 Å². The molecule has 0 aliphatic carbocycles. The van der Waals surface area contributed by atoms with Gasteiger partial charge in [-0.05, 0) is 43.2 Å². The van der Waals surface area contributed by atoms with Crippen molar-refractivity contribution in [2.45, 2.75) is 13.3 Å². The maximum atomic E-state index is 11.8. The SMILES string of the molecule is CCNC(=NCCc1cccc(C(=O)NC)c1)N(C)CCOc1ccccc1. The van der Waals surface area contributed by atoms with E-state index in [1.807, 2.05) is 61.6 Å². The lowest BCUT2D eigenvalue weighted by atomic mass is 10.1. The molecule has 0 aliphatic heterocycles. The molecule has 6 nitrogen and oxygen atoms in total. The van der Waals surface area contributed by atoms with Crippen LogP contribution in [0.15, 0.2) is 59.6 Å². The number of rotatable bonds is 9. The molecule has 1 amide bonds. The third-order valence-corrected chi connectivity index (χ3v) is 4.21. The quantitative estimate of drug-likeness (QED) is 0.517. The second-order valence-electron chi connectivity index (χ2n) is 6.35. The van der Waals surface area contributed by atoms with Gasteiger partial charge in [0.15, 0.2) is 5.96 Å². The number of para-hydroxylation sites is 1. The van der Waals surface area contributed by atoms with E-state index < -0.39 is 0 Å². The summed E-state index contributed by atoms with van der Waals surface area (Å²) in [6, 6.07) is 17.5. The van der Waals surface area contributed by atoms with Gasteiger partial charge < -0.3 is 20.3 Å². The Morgan fingerprint density at radius 2 is 1.93 bits per heavy atom. The van der Waals surface area contributed by atoms with Crippen LogP contribution in [0.25, 0.3) is 0 Å². The number of benzene rings is 2. The first-order chi connectivity index (χ1) is 13.6. The Balaban J connectivity index is 1.87. The molecule has 0 spiro atoms. The Hall–Kier alpha value is -3.02. The van der Waals surface area contributed by atoms with Gasteiger partial charge in [-0.2, -0.15) is 0 Å². The minimum atomic E-state index is -0.0724. The standard InChI is InChI=1S/C22H30N4O2/c1-4-24-22(26(3)15-16-28-20-11-6-5-7-12-20)25-14-13-18-9-8-10-19(17-18)21(27)23-2/h5-12,17H,4,13-16H2,1-3H3,(H,23,27)(H,24,25). The topological polar surface area (TPSA) is 66.0 Å². The zero-order chi connectivity index (χ0) is 20.2. The number of aliphatic imine (C=N–C) groups is 1. The average molecular weight is 383 g/mol. The number of likely N-dealkylation sites (N-methyl/N-ethyl adjacent to an activating group) is 1. The highest BCUT2D eigenvalue weighted by molar-refractivity contribution is 5.94. The van der Waals surface area contributed by atoms with E-state index in [4.69, 9.17) is 9.73 Å². The summed E-state index contributed by atoms with van der Waals surface area (Å²) in [5.74, 6) is 1.65. The van der Waals surface area contributed by atoms with Crippen LogP contribution in [0.1, 0.15) is 22.8 Å². The number of nitrogens with one attached hydrogen (secondary N) is 2. The summed E-state index contributed by atoms with van der Waals surface area (Å²) < 4.78 is 5.76. The molecule has 0 atom stereocenters. The van der Waals surface area contributed by atoms with Crippen molar-refractivity contribution in [2.24, 2.45) is 4.99 Å². The summed E-state index contributed by atoms with van der Waals surface area (Å²) in [6.45, 7) is 4.81. The van der Waals surface area contributed by atoms with Gasteiger partial charge in [0.25, 0.3) is 5.91 Å². The first kappa shape index (κ1) is 21.3. The summed E-state index contributed by atoms with van der Waals surface area (Å²) >= 11 is 0. The zero-order valence-corrected chi connectivity index (χ0v) is 16.9. The summed E-state index contributed by atoms with van der Waals surface area (Å²) in [7, 11) is 3.64. The van der Waals surface area contributed by atoms with Crippen LogP contribution in [-0.2, 0) is 6.42 Å². The molecule has 0 aliphatic rings. The number of hydrogen-bond acceptors (Lipinski definition) is 3.